The van der Waals surface area contributed by atoms with Gasteiger partial charge in [0.05, 0.1) is 0 Å². The summed E-state index contributed by atoms with van der Waals surface area (Å²) in [6.45, 7) is 3.66. The SMILES string of the molecule is CSc1ccc(OC(C)C(=O)N(C)C2CCNC2)cc1. The van der Waals surface area contributed by atoms with E-state index >= 15 is 0 Å². The van der Waals surface area contributed by atoms with Crippen LogP contribution >= 0.6 is 11.8 Å². The van der Waals surface area contributed by atoms with Gasteiger partial charge in [-0.05, 0) is 50.4 Å². The van der Waals surface area contributed by atoms with Crippen LogP contribution in [0, 0.1) is 0 Å². The molecular weight excluding hydrogens is 272 g/mol. The fourth-order valence-corrected chi connectivity index (χ4v) is 2.75. The molecule has 1 aromatic rings. The van der Waals surface area contributed by atoms with Gasteiger partial charge in [-0.2, -0.15) is 0 Å². The summed E-state index contributed by atoms with van der Waals surface area (Å²) in [5.74, 6) is 0.772. The van der Waals surface area contributed by atoms with Crippen LogP contribution in [0.15, 0.2) is 29.2 Å². The number of likely N-dealkylation sites (N-methyl/N-ethyl adjacent to an activating group) is 1. The highest BCUT2D eigenvalue weighted by Crippen LogP contribution is 2.20. The minimum Gasteiger partial charge on any atom is -0.481 e. The van der Waals surface area contributed by atoms with Crippen molar-refractivity contribution in [2.45, 2.75) is 30.4 Å². The zero-order valence-electron chi connectivity index (χ0n) is 12.3. The fourth-order valence-electron chi connectivity index (χ4n) is 2.35. The van der Waals surface area contributed by atoms with Gasteiger partial charge in [0, 0.05) is 24.5 Å². The lowest BCUT2D eigenvalue weighted by atomic mass is 10.2. The summed E-state index contributed by atoms with van der Waals surface area (Å²) in [6, 6.07) is 8.11. The minimum atomic E-state index is -0.458. The maximum absolute atomic E-state index is 12.3. The van der Waals surface area contributed by atoms with Crippen LogP contribution in [0.4, 0.5) is 0 Å². The van der Waals surface area contributed by atoms with Crippen molar-refractivity contribution in [1.29, 1.82) is 0 Å². The third kappa shape index (κ3) is 3.67. The molecule has 2 rings (SSSR count). The number of hydrogen-bond acceptors (Lipinski definition) is 4. The van der Waals surface area contributed by atoms with Gasteiger partial charge in [0.1, 0.15) is 5.75 Å². The molecule has 0 aromatic heterocycles. The van der Waals surface area contributed by atoms with Gasteiger partial charge in [0.2, 0.25) is 0 Å². The molecule has 4 nitrogen and oxygen atoms in total. The number of thioether (sulfide) groups is 1. The normalized spacial score (nSPS) is 19.6. The lowest BCUT2D eigenvalue weighted by molar-refractivity contribution is -0.138. The highest BCUT2D eigenvalue weighted by Gasteiger charge is 2.27. The molecule has 1 N–H and O–H groups in total. The van der Waals surface area contributed by atoms with E-state index in [1.54, 1.807) is 16.7 Å². The lowest BCUT2D eigenvalue weighted by Gasteiger charge is -2.27. The Morgan fingerprint density at radius 1 is 1.45 bits per heavy atom. The van der Waals surface area contributed by atoms with Crippen LogP contribution in [0.5, 0.6) is 5.75 Å². The van der Waals surface area contributed by atoms with Crippen molar-refractivity contribution in [3.05, 3.63) is 24.3 Å². The fraction of sp³-hybridized carbons (Fsp3) is 0.533. The van der Waals surface area contributed by atoms with Crippen LogP contribution in [0.25, 0.3) is 0 Å². The topological polar surface area (TPSA) is 41.6 Å². The summed E-state index contributed by atoms with van der Waals surface area (Å²) in [5, 5.41) is 3.27. The molecule has 2 atom stereocenters. The van der Waals surface area contributed by atoms with E-state index < -0.39 is 6.10 Å². The van der Waals surface area contributed by atoms with Crippen molar-refractivity contribution in [3.63, 3.8) is 0 Å². The van der Waals surface area contributed by atoms with E-state index in [1.165, 1.54) is 4.90 Å². The van der Waals surface area contributed by atoms with Gasteiger partial charge >= 0.3 is 0 Å². The Hall–Kier alpha value is -1.20. The Morgan fingerprint density at radius 3 is 2.70 bits per heavy atom. The van der Waals surface area contributed by atoms with Crippen LogP contribution in [0.1, 0.15) is 13.3 Å². The molecule has 1 heterocycles. The number of hydrogen-bond donors (Lipinski definition) is 1. The molecule has 0 saturated carbocycles. The highest BCUT2D eigenvalue weighted by atomic mass is 32.2. The van der Waals surface area contributed by atoms with Crippen molar-refractivity contribution in [2.75, 3.05) is 26.4 Å². The molecule has 0 spiro atoms. The number of carbonyl (C=O) groups is 1. The molecule has 2 unspecified atom stereocenters. The molecule has 110 valence electrons. The van der Waals surface area contributed by atoms with Crippen molar-refractivity contribution in [3.8, 4) is 5.75 Å². The van der Waals surface area contributed by atoms with Crippen molar-refractivity contribution in [2.24, 2.45) is 0 Å². The first-order valence-corrected chi connectivity index (χ1v) is 8.12. The van der Waals surface area contributed by atoms with E-state index in [1.807, 2.05) is 44.5 Å². The number of nitrogens with one attached hydrogen (secondary N) is 1. The van der Waals surface area contributed by atoms with Gasteiger partial charge in [0.15, 0.2) is 6.10 Å². The maximum atomic E-state index is 12.3. The number of rotatable bonds is 5. The third-order valence-electron chi connectivity index (χ3n) is 3.65. The molecular formula is C15H22N2O2S. The highest BCUT2D eigenvalue weighted by molar-refractivity contribution is 7.98. The monoisotopic (exact) mass is 294 g/mol. The number of benzene rings is 1. The Morgan fingerprint density at radius 2 is 2.15 bits per heavy atom. The van der Waals surface area contributed by atoms with Crippen molar-refractivity contribution in [1.82, 2.24) is 10.2 Å². The van der Waals surface area contributed by atoms with Crippen LogP contribution < -0.4 is 10.1 Å². The largest absolute Gasteiger partial charge is 0.481 e. The Bertz CT molecular complexity index is 444. The quantitative estimate of drug-likeness (QED) is 0.843. The molecule has 5 heteroatoms. The Labute approximate surface area is 124 Å². The first-order valence-electron chi connectivity index (χ1n) is 6.90. The Balaban J connectivity index is 1.92. The zero-order chi connectivity index (χ0) is 14.5. The summed E-state index contributed by atoms with van der Waals surface area (Å²) in [5.41, 5.74) is 0. The summed E-state index contributed by atoms with van der Waals surface area (Å²) in [7, 11) is 1.86. The third-order valence-corrected chi connectivity index (χ3v) is 4.39. The van der Waals surface area contributed by atoms with Crippen molar-refractivity contribution < 1.29 is 9.53 Å². The number of carbonyl (C=O) groups excluding carboxylic acids is 1. The van der Waals surface area contributed by atoms with Gasteiger partial charge in [-0.25, -0.2) is 0 Å². The average molecular weight is 294 g/mol. The lowest BCUT2D eigenvalue weighted by Crippen LogP contribution is -2.44. The zero-order valence-corrected chi connectivity index (χ0v) is 13.1. The smallest absolute Gasteiger partial charge is 0.263 e. The van der Waals surface area contributed by atoms with Gasteiger partial charge in [-0.3, -0.25) is 4.79 Å². The average Bonchev–Trinajstić information content (AvgIpc) is 3.00. The first kappa shape index (κ1) is 15.2. The molecule has 0 bridgehead atoms. The molecule has 1 saturated heterocycles. The molecule has 1 fully saturated rings. The first-order chi connectivity index (χ1) is 9.61. The molecule has 20 heavy (non-hydrogen) atoms. The van der Waals surface area contributed by atoms with Gasteiger partial charge in [-0.15, -0.1) is 11.8 Å². The summed E-state index contributed by atoms with van der Waals surface area (Å²) < 4.78 is 5.74. The van der Waals surface area contributed by atoms with E-state index in [0.29, 0.717) is 0 Å². The molecule has 1 aliphatic rings. The molecule has 1 amide bonds. The second-order valence-electron chi connectivity index (χ2n) is 5.03. The molecule has 0 aliphatic carbocycles. The summed E-state index contributed by atoms with van der Waals surface area (Å²) in [4.78, 5) is 15.3. The minimum absolute atomic E-state index is 0.0349. The predicted molar refractivity (Wildman–Crippen MR) is 82.4 cm³/mol. The van der Waals surface area contributed by atoms with Gasteiger partial charge in [-0.1, -0.05) is 0 Å². The Kier molecular flexibility index (Phi) is 5.31. The van der Waals surface area contributed by atoms with Gasteiger partial charge in [0.25, 0.3) is 5.91 Å². The standard InChI is InChI=1S/C15H22N2O2S/c1-11(15(18)17(2)12-8-9-16-10-12)19-13-4-6-14(20-3)7-5-13/h4-7,11-12,16H,8-10H2,1-3H3. The maximum Gasteiger partial charge on any atom is 0.263 e. The molecule has 0 radical (unpaired) electrons. The molecule has 1 aliphatic heterocycles. The van der Waals surface area contributed by atoms with Gasteiger partial charge < -0.3 is 15.0 Å². The van der Waals surface area contributed by atoms with E-state index in [9.17, 15) is 4.79 Å². The van der Waals surface area contributed by atoms with E-state index in [0.717, 1.165) is 25.3 Å². The van der Waals surface area contributed by atoms with E-state index in [-0.39, 0.29) is 11.9 Å². The molecule has 1 aromatic carbocycles. The second kappa shape index (κ2) is 6.99. The predicted octanol–water partition coefficient (Wildman–Crippen LogP) is 2.00. The summed E-state index contributed by atoms with van der Waals surface area (Å²) in [6.07, 6.45) is 2.59. The van der Waals surface area contributed by atoms with E-state index in [4.69, 9.17) is 4.74 Å². The number of amides is 1. The van der Waals surface area contributed by atoms with Crippen LogP contribution in [-0.4, -0.2) is 49.3 Å². The second-order valence-corrected chi connectivity index (χ2v) is 5.91. The number of nitrogens with zero attached hydrogens (tertiary/aromatic N) is 1. The van der Waals surface area contributed by atoms with Crippen LogP contribution in [0.2, 0.25) is 0 Å². The van der Waals surface area contributed by atoms with Crippen LogP contribution in [-0.2, 0) is 4.79 Å². The van der Waals surface area contributed by atoms with E-state index in [2.05, 4.69) is 5.32 Å². The van der Waals surface area contributed by atoms with Crippen LogP contribution in [0.3, 0.4) is 0 Å². The summed E-state index contributed by atoms with van der Waals surface area (Å²) >= 11 is 1.69. The van der Waals surface area contributed by atoms with Crippen molar-refractivity contribution >= 4 is 17.7 Å². The number of ether oxygens (including phenoxy) is 1.